The molecule has 0 spiro atoms. The Balaban J connectivity index is 1.27. The lowest BCUT2D eigenvalue weighted by Gasteiger charge is -2.25. The first-order chi connectivity index (χ1) is 16.0. The standard InChI is InChI=1S/C24H26N6O2S/c1-16(17-7-9-18(10-8-17)30-14-25-13-27-30)28(2)21(31)11-12-29-15-26-23-22(24(29)32)19-5-3-4-6-20(19)33-23/h7-10,13-16H,3-6,11-12H2,1-2H3. The maximum Gasteiger partial charge on any atom is 0.262 e. The number of hydrogen-bond acceptors (Lipinski definition) is 6. The molecule has 0 aliphatic heterocycles. The van der Waals surface area contributed by atoms with Crippen LogP contribution in [0.25, 0.3) is 15.9 Å². The third-order valence-electron chi connectivity index (χ3n) is 6.54. The van der Waals surface area contributed by atoms with Crippen molar-refractivity contribution in [3.05, 3.63) is 69.6 Å². The Morgan fingerprint density at radius 1 is 1.18 bits per heavy atom. The third kappa shape index (κ3) is 4.08. The Morgan fingerprint density at radius 3 is 2.73 bits per heavy atom. The zero-order chi connectivity index (χ0) is 22.9. The Kier molecular flexibility index (Phi) is 5.80. The van der Waals surface area contributed by atoms with Crippen molar-refractivity contribution in [2.45, 2.75) is 51.6 Å². The van der Waals surface area contributed by atoms with Crippen molar-refractivity contribution in [1.29, 1.82) is 0 Å². The van der Waals surface area contributed by atoms with Crippen molar-refractivity contribution in [2.24, 2.45) is 0 Å². The minimum atomic E-state index is -0.0940. The van der Waals surface area contributed by atoms with Crippen LogP contribution in [0.3, 0.4) is 0 Å². The van der Waals surface area contributed by atoms with Crippen LogP contribution in [0.4, 0.5) is 0 Å². The van der Waals surface area contributed by atoms with Crippen molar-refractivity contribution in [3.8, 4) is 5.69 Å². The third-order valence-corrected chi connectivity index (χ3v) is 7.74. The van der Waals surface area contributed by atoms with Crippen LogP contribution >= 0.6 is 11.3 Å². The molecule has 1 aromatic carbocycles. The highest BCUT2D eigenvalue weighted by Gasteiger charge is 2.21. The van der Waals surface area contributed by atoms with Gasteiger partial charge in [0.15, 0.2) is 0 Å². The number of hydrogen-bond donors (Lipinski definition) is 0. The predicted molar refractivity (Wildman–Crippen MR) is 128 cm³/mol. The largest absolute Gasteiger partial charge is 0.339 e. The summed E-state index contributed by atoms with van der Waals surface area (Å²) in [7, 11) is 1.80. The lowest BCUT2D eigenvalue weighted by molar-refractivity contribution is -0.132. The van der Waals surface area contributed by atoms with E-state index in [2.05, 4.69) is 15.1 Å². The number of aromatic nitrogens is 5. The molecule has 0 saturated carbocycles. The summed E-state index contributed by atoms with van der Waals surface area (Å²) in [5.41, 5.74) is 3.10. The van der Waals surface area contributed by atoms with E-state index in [1.807, 2.05) is 31.2 Å². The molecule has 3 aromatic heterocycles. The molecule has 3 heterocycles. The summed E-state index contributed by atoms with van der Waals surface area (Å²) in [4.78, 5) is 38.4. The van der Waals surface area contributed by atoms with E-state index < -0.39 is 0 Å². The van der Waals surface area contributed by atoms with Gasteiger partial charge in [0.2, 0.25) is 5.91 Å². The van der Waals surface area contributed by atoms with Gasteiger partial charge in [0.05, 0.1) is 23.4 Å². The smallest absolute Gasteiger partial charge is 0.262 e. The van der Waals surface area contributed by atoms with Gasteiger partial charge in [-0.1, -0.05) is 12.1 Å². The van der Waals surface area contributed by atoms with Gasteiger partial charge in [0, 0.05) is 24.9 Å². The number of benzene rings is 1. The van der Waals surface area contributed by atoms with Crippen LogP contribution in [0.5, 0.6) is 0 Å². The molecule has 1 atom stereocenters. The van der Waals surface area contributed by atoms with Crippen LogP contribution in [0.1, 0.15) is 48.2 Å². The highest BCUT2D eigenvalue weighted by Crippen LogP contribution is 2.33. The maximum absolute atomic E-state index is 13.1. The lowest BCUT2D eigenvalue weighted by atomic mass is 9.97. The quantitative estimate of drug-likeness (QED) is 0.438. The van der Waals surface area contributed by atoms with Crippen molar-refractivity contribution in [1.82, 2.24) is 29.2 Å². The zero-order valence-electron chi connectivity index (χ0n) is 18.8. The van der Waals surface area contributed by atoms with Gasteiger partial charge in [-0.25, -0.2) is 14.6 Å². The number of carbonyl (C=O) groups is 1. The lowest BCUT2D eigenvalue weighted by Crippen LogP contribution is -2.31. The number of amides is 1. The molecule has 8 nitrogen and oxygen atoms in total. The molecular weight excluding hydrogens is 436 g/mol. The van der Waals surface area contributed by atoms with Gasteiger partial charge in [0.25, 0.3) is 5.56 Å². The summed E-state index contributed by atoms with van der Waals surface area (Å²) < 4.78 is 3.28. The van der Waals surface area contributed by atoms with Crippen LogP contribution in [0.2, 0.25) is 0 Å². The minimum Gasteiger partial charge on any atom is -0.339 e. The number of thiophene rings is 1. The van der Waals surface area contributed by atoms with E-state index in [-0.39, 0.29) is 23.9 Å². The molecule has 1 aliphatic carbocycles. The van der Waals surface area contributed by atoms with Gasteiger partial charge < -0.3 is 4.90 Å². The average Bonchev–Trinajstić information content (AvgIpc) is 3.51. The second-order valence-corrected chi connectivity index (χ2v) is 9.58. The first-order valence-corrected chi connectivity index (χ1v) is 12.0. The second-order valence-electron chi connectivity index (χ2n) is 8.50. The number of nitrogens with zero attached hydrogens (tertiary/aromatic N) is 6. The SMILES string of the molecule is CC(c1ccc(-n2cncn2)cc1)N(C)C(=O)CCn1cnc2sc3c(c2c1=O)CCCC3. The summed E-state index contributed by atoms with van der Waals surface area (Å²) >= 11 is 1.64. The van der Waals surface area contributed by atoms with E-state index in [4.69, 9.17) is 0 Å². The van der Waals surface area contributed by atoms with Gasteiger partial charge in [0.1, 0.15) is 17.5 Å². The number of rotatable bonds is 6. The van der Waals surface area contributed by atoms with Crippen LogP contribution in [-0.2, 0) is 24.2 Å². The van der Waals surface area contributed by atoms with Crippen molar-refractivity contribution in [2.75, 3.05) is 7.05 Å². The fraction of sp³-hybridized carbons (Fsp3) is 0.375. The number of carbonyl (C=O) groups excluding carboxylic acids is 1. The molecule has 0 radical (unpaired) electrons. The van der Waals surface area contributed by atoms with E-state index in [1.54, 1.807) is 45.2 Å². The first kappa shape index (κ1) is 21.5. The molecule has 170 valence electrons. The monoisotopic (exact) mass is 462 g/mol. The molecule has 0 bridgehead atoms. The van der Waals surface area contributed by atoms with E-state index in [1.165, 1.54) is 23.2 Å². The summed E-state index contributed by atoms with van der Waals surface area (Å²) in [6.07, 6.45) is 9.26. The van der Waals surface area contributed by atoms with Crippen molar-refractivity contribution >= 4 is 27.5 Å². The molecule has 0 saturated heterocycles. The molecule has 1 amide bonds. The highest BCUT2D eigenvalue weighted by atomic mass is 32.1. The topological polar surface area (TPSA) is 85.9 Å². The first-order valence-electron chi connectivity index (χ1n) is 11.2. The van der Waals surface area contributed by atoms with Crippen LogP contribution in [0.15, 0.2) is 48.0 Å². The second kappa shape index (κ2) is 8.90. The minimum absolute atomic E-state index is 0.0119. The molecule has 9 heteroatoms. The summed E-state index contributed by atoms with van der Waals surface area (Å²) in [6, 6.07) is 7.81. The Bertz CT molecular complexity index is 1340. The number of fused-ring (bicyclic) bond motifs is 3. The Morgan fingerprint density at radius 2 is 1.97 bits per heavy atom. The van der Waals surface area contributed by atoms with E-state index >= 15 is 0 Å². The van der Waals surface area contributed by atoms with Crippen molar-refractivity contribution < 1.29 is 4.79 Å². The zero-order valence-corrected chi connectivity index (χ0v) is 19.6. The van der Waals surface area contributed by atoms with Gasteiger partial charge in [-0.15, -0.1) is 11.3 Å². The average molecular weight is 463 g/mol. The van der Waals surface area contributed by atoms with Gasteiger partial charge >= 0.3 is 0 Å². The molecule has 5 rings (SSSR count). The Hall–Kier alpha value is -3.33. The molecule has 1 unspecified atom stereocenters. The molecule has 33 heavy (non-hydrogen) atoms. The Labute approximate surface area is 195 Å². The van der Waals surface area contributed by atoms with Gasteiger partial charge in [-0.3, -0.25) is 14.2 Å². The molecule has 0 N–H and O–H groups in total. The molecule has 1 aliphatic rings. The maximum atomic E-state index is 13.1. The highest BCUT2D eigenvalue weighted by molar-refractivity contribution is 7.18. The van der Waals surface area contributed by atoms with Crippen LogP contribution < -0.4 is 5.56 Å². The van der Waals surface area contributed by atoms with Crippen LogP contribution in [0, 0.1) is 0 Å². The molecule has 0 fully saturated rings. The van der Waals surface area contributed by atoms with Gasteiger partial charge in [-0.05, 0) is 55.9 Å². The van der Waals surface area contributed by atoms with Gasteiger partial charge in [-0.2, -0.15) is 5.10 Å². The fourth-order valence-electron chi connectivity index (χ4n) is 4.42. The predicted octanol–water partition coefficient (Wildman–Crippen LogP) is 3.53. The van der Waals surface area contributed by atoms with E-state index in [0.717, 1.165) is 40.7 Å². The summed E-state index contributed by atoms with van der Waals surface area (Å²) in [6.45, 7) is 2.33. The summed E-state index contributed by atoms with van der Waals surface area (Å²) in [5, 5.41) is 4.90. The van der Waals surface area contributed by atoms with Crippen molar-refractivity contribution in [3.63, 3.8) is 0 Å². The normalized spacial score (nSPS) is 14.2. The summed E-state index contributed by atoms with van der Waals surface area (Å²) in [5.74, 6) is -0.0119. The van der Waals surface area contributed by atoms with Crippen LogP contribution in [-0.4, -0.2) is 42.2 Å². The fourth-order valence-corrected chi connectivity index (χ4v) is 5.64. The molecule has 4 aromatic rings. The molecular formula is C24H26N6O2S. The number of aryl methyl sites for hydroxylation is 3. The van der Waals surface area contributed by atoms with E-state index in [9.17, 15) is 9.59 Å². The van der Waals surface area contributed by atoms with E-state index in [0.29, 0.717) is 6.54 Å².